The SMILES string of the molecule is CCOC1(c2noc([C@H](N)CC)n2)CCOCC1. The maximum absolute atomic E-state index is 5.89. The second-order valence-electron chi connectivity index (χ2n) is 4.51. The highest BCUT2D eigenvalue weighted by Crippen LogP contribution is 2.34. The van der Waals surface area contributed by atoms with Crippen molar-refractivity contribution in [3.8, 4) is 0 Å². The van der Waals surface area contributed by atoms with Crippen molar-refractivity contribution < 1.29 is 14.0 Å². The fourth-order valence-electron chi connectivity index (χ4n) is 2.16. The summed E-state index contributed by atoms with van der Waals surface area (Å²) in [6.45, 7) is 5.88. The Hall–Kier alpha value is -0.980. The number of hydrogen-bond acceptors (Lipinski definition) is 6. The predicted octanol–water partition coefficient (Wildman–Crippen LogP) is 1.52. The van der Waals surface area contributed by atoms with Crippen molar-refractivity contribution in [3.05, 3.63) is 11.7 Å². The Balaban J connectivity index is 2.22. The van der Waals surface area contributed by atoms with Gasteiger partial charge in [-0.25, -0.2) is 0 Å². The van der Waals surface area contributed by atoms with Crippen molar-refractivity contribution in [1.82, 2.24) is 10.1 Å². The lowest BCUT2D eigenvalue weighted by Gasteiger charge is -2.33. The summed E-state index contributed by atoms with van der Waals surface area (Å²) in [6.07, 6.45) is 2.27. The zero-order chi connectivity index (χ0) is 13.0. The maximum Gasteiger partial charge on any atom is 0.243 e. The van der Waals surface area contributed by atoms with Gasteiger partial charge in [0.25, 0.3) is 0 Å². The van der Waals surface area contributed by atoms with E-state index in [1.54, 1.807) is 0 Å². The van der Waals surface area contributed by atoms with E-state index in [4.69, 9.17) is 19.7 Å². The molecule has 0 radical (unpaired) electrons. The van der Waals surface area contributed by atoms with Crippen LogP contribution in [0, 0.1) is 0 Å². The van der Waals surface area contributed by atoms with Crippen LogP contribution in [0.2, 0.25) is 0 Å². The molecule has 2 N–H and O–H groups in total. The van der Waals surface area contributed by atoms with Crippen LogP contribution in [0.1, 0.15) is 50.9 Å². The van der Waals surface area contributed by atoms with Gasteiger partial charge in [0.1, 0.15) is 5.60 Å². The molecule has 18 heavy (non-hydrogen) atoms. The van der Waals surface area contributed by atoms with E-state index in [9.17, 15) is 0 Å². The molecule has 0 aliphatic carbocycles. The fraction of sp³-hybridized carbons (Fsp3) is 0.833. The molecule has 1 atom stereocenters. The van der Waals surface area contributed by atoms with Crippen LogP contribution in [-0.2, 0) is 15.1 Å². The molecular formula is C12H21N3O3. The van der Waals surface area contributed by atoms with Gasteiger partial charge in [0, 0.05) is 32.7 Å². The zero-order valence-electron chi connectivity index (χ0n) is 11.0. The van der Waals surface area contributed by atoms with Crippen molar-refractivity contribution in [2.24, 2.45) is 5.73 Å². The smallest absolute Gasteiger partial charge is 0.243 e. The largest absolute Gasteiger partial charge is 0.381 e. The lowest BCUT2D eigenvalue weighted by molar-refractivity contribution is -0.118. The molecule has 1 aliphatic heterocycles. The van der Waals surface area contributed by atoms with Crippen molar-refractivity contribution in [2.75, 3.05) is 19.8 Å². The highest BCUT2D eigenvalue weighted by molar-refractivity contribution is 5.04. The average molecular weight is 255 g/mol. The Bertz CT molecular complexity index is 369. The summed E-state index contributed by atoms with van der Waals surface area (Å²) in [5.41, 5.74) is 5.42. The Kier molecular flexibility index (Phi) is 4.31. The first-order chi connectivity index (χ1) is 8.72. The van der Waals surface area contributed by atoms with Gasteiger partial charge < -0.3 is 19.7 Å². The van der Waals surface area contributed by atoms with Crippen LogP contribution in [0.15, 0.2) is 4.52 Å². The van der Waals surface area contributed by atoms with E-state index < -0.39 is 5.60 Å². The number of ether oxygens (including phenoxy) is 2. The van der Waals surface area contributed by atoms with E-state index in [2.05, 4.69) is 10.1 Å². The molecule has 0 amide bonds. The lowest BCUT2D eigenvalue weighted by atomic mass is 9.93. The van der Waals surface area contributed by atoms with Crippen LogP contribution >= 0.6 is 0 Å². The number of aromatic nitrogens is 2. The molecule has 0 aromatic carbocycles. The molecule has 1 saturated heterocycles. The van der Waals surface area contributed by atoms with Crippen molar-refractivity contribution in [3.63, 3.8) is 0 Å². The molecule has 0 bridgehead atoms. The number of hydrogen-bond donors (Lipinski definition) is 1. The number of nitrogens with two attached hydrogens (primary N) is 1. The van der Waals surface area contributed by atoms with Gasteiger partial charge in [0.15, 0.2) is 0 Å². The van der Waals surface area contributed by atoms with Crippen LogP contribution in [0.5, 0.6) is 0 Å². The van der Waals surface area contributed by atoms with Crippen LogP contribution in [0.25, 0.3) is 0 Å². The minimum Gasteiger partial charge on any atom is -0.381 e. The highest BCUT2D eigenvalue weighted by Gasteiger charge is 2.40. The van der Waals surface area contributed by atoms with E-state index in [-0.39, 0.29) is 6.04 Å². The van der Waals surface area contributed by atoms with E-state index in [1.165, 1.54) is 0 Å². The molecule has 6 nitrogen and oxygen atoms in total. The molecule has 2 rings (SSSR count). The first-order valence-electron chi connectivity index (χ1n) is 6.53. The molecule has 6 heteroatoms. The first-order valence-corrected chi connectivity index (χ1v) is 6.53. The van der Waals surface area contributed by atoms with Gasteiger partial charge in [-0.3, -0.25) is 0 Å². The third kappa shape index (κ3) is 2.55. The molecule has 0 saturated carbocycles. The van der Waals surface area contributed by atoms with Gasteiger partial charge in [0.05, 0.1) is 6.04 Å². The van der Waals surface area contributed by atoms with Gasteiger partial charge >= 0.3 is 0 Å². The normalized spacial score (nSPS) is 20.8. The molecule has 2 heterocycles. The lowest BCUT2D eigenvalue weighted by Crippen LogP contribution is -2.37. The van der Waals surface area contributed by atoms with Crippen molar-refractivity contribution in [1.29, 1.82) is 0 Å². The summed E-state index contributed by atoms with van der Waals surface area (Å²) in [6, 6.07) is -0.204. The van der Waals surface area contributed by atoms with Crippen LogP contribution in [0.4, 0.5) is 0 Å². The molecular weight excluding hydrogens is 234 g/mol. The molecule has 1 aromatic heterocycles. The monoisotopic (exact) mass is 255 g/mol. The first kappa shape index (κ1) is 13.5. The maximum atomic E-state index is 5.89. The van der Waals surface area contributed by atoms with E-state index in [0.717, 1.165) is 19.3 Å². The summed E-state index contributed by atoms with van der Waals surface area (Å²) in [4.78, 5) is 4.41. The minimum atomic E-state index is -0.470. The molecule has 102 valence electrons. The summed E-state index contributed by atoms with van der Waals surface area (Å²) in [7, 11) is 0. The van der Waals surface area contributed by atoms with E-state index in [0.29, 0.717) is 31.5 Å². The summed E-state index contributed by atoms with van der Waals surface area (Å²) < 4.78 is 16.5. The topological polar surface area (TPSA) is 83.4 Å². The number of rotatable bonds is 5. The van der Waals surface area contributed by atoms with E-state index >= 15 is 0 Å². The molecule has 0 unspecified atom stereocenters. The minimum absolute atomic E-state index is 0.204. The quantitative estimate of drug-likeness (QED) is 0.858. The third-order valence-electron chi connectivity index (χ3n) is 3.33. The second kappa shape index (κ2) is 5.77. The molecule has 1 aliphatic rings. The molecule has 0 spiro atoms. The fourth-order valence-corrected chi connectivity index (χ4v) is 2.16. The van der Waals surface area contributed by atoms with Crippen LogP contribution < -0.4 is 5.73 Å². The Labute approximate surface area is 107 Å². The van der Waals surface area contributed by atoms with Gasteiger partial charge in [-0.05, 0) is 13.3 Å². The van der Waals surface area contributed by atoms with Crippen molar-refractivity contribution in [2.45, 2.75) is 44.8 Å². The number of nitrogens with zero attached hydrogens (tertiary/aromatic N) is 2. The van der Waals surface area contributed by atoms with Crippen LogP contribution in [-0.4, -0.2) is 30.0 Å². The zero-order valence-corrected chi connectivity index (χ0v) is 11.0. The highest BCUT2D eigenvalue weighted by atomic mass is 16.5. The van der Waals surface area contributed by atoms with Crippen molar-refractivity contribution >= 4 is 0 Å². The van der Waals surface area contributed by atoms with Gasteiger partial charge in [0.2, 0.25) is 11.7 Å². The molecule has 1 fully saturated rings. The van der Waals surface area contributed by atoms with Crippen LogP contribution in [0.3, 0.4) is 0 Å². The Morgan fingerprint density at radius 1 is 1.39 bits per heavy atom. The van der Waals surface area contributed by atoms with Gasteiger partial charge in [-0.2, -0.15) is 4.98 Å². The Morgan fingerprint density at radius 3 is 2.72 bits per heavy atom. The summed E-state index contributed by atoms with van der Waals surface area (Å²) >= 11 is 0. The van der Waals surface area contributed by atoms with Gasteiger partial charge in [-0.15, -0.1) is 0 Å². The predicted molar refractivity (Wildman–Crippen MR) is 64.9 cm³/mol. The van der Waals surface area contributed by atoms with Gasteiger partial charge in [-0.1, -0.05) is 12.1 Å². The standard InChI is InChI=1S/C12H21N3O3/c1-3-9(13)10-14-11(15-18-10)12(17-4-2)5-7-16-8-6-12/h9H,3-8,13H2,1-2H3/t9-/m1/s1. The average Bonchev–Trinajstić information content (AvgIpc) is 2.89. The third-order valence-corrected chi connectivity index (χ3v) is 3.33. The summed E-state index contributed by atoms with van der Waals surface area (Å²) in [5.74, 6) is 1.09. The second-order valence-corrected chi connectivity index (χ2v) is 4.51. The Morgan fingerprint density at radius 2 is 2.11 bits per heavy atom. The van der Waals surface area contributed by atoms with E-state index in [1.807, 2.05) is 13.8 Å². The molecule has 1 aromatic rings. The summed E-state index contributed by atoms with van der Waals surface area (Å²) in [5, 5.41) is 4.05.